The SMILES string of the molecule is CC(C)(C)c1nnc(N(CBr)S(=O)(=O)c2ccccc2C(N)=O)s1. The molecule has 0 fully saturated rings. The molecule has 1 aromatic heterocycles. The molecule has 2 aromatic rings. The third kappa shape index (κ3) is 3.60. The maximum absolute atomic E-state index is 13.0. The first-order valence-electron chi connectivity index (χ1n) is 6.90. The fraction of sp³-hybridized carbons (Fsp3) is 0.357. The van der Waals surface area contributed by atoms with Crippen LogP contribution in [0.1, 0.15) is 36.1 Å². The fourth-order valence-electron chi connectivity index (χ4n) is 1.85. The Balaban J connectivity index is 2.54. The van der Waals surface area contributed by atoms with E-state index in [1.54, 1.807) is 6.07 Å². The minimum Gasteiger partial charge on any atom is -0.366 e. The molecule has 130 valence electrons. The molecule has 7 nitrogen and oxygen atoms in total. The second-order valence-electron chi connectivity index (χ2n) is 5.97. The Morgan fingerprint density at radius 2 is 1.92 bits per heavy atom. The number of alkyl halides is 1. The molecule has 2 rings (SSSR count). The van der Waals surface area contributed by atoms with Crippen LogP contribution in [0, 0.1) is 0 Å². The molecule has 0 radical (unpaired) electrons. The highest BCUT2D eigenvalue weighted by atomic mass is 79.9. The van der Waals surface area contributed by atoms with Crippen LogP contribution in [0.5, 0.6) is 0 Å². The zero-order valence-electron chi connectivity index (χ0n) is 13.4. The van der Waals surface area contributed by atoms with Gasteiger partial charge in [0.15, 0.2) is 0 Å². The smallest absolute Gasteiger partial charge is 0.267 e. The molecule has 0 unspecified atom stereocenters. The monoisotopic (exact) mass is 432 g/mol. The van der Waals surface area contributed by atoms with Crippen LogP contribution < -0.4 is 10.0 Å². The maximum Gasteiger partial charge on any atom is 0.267 e. The number of benzene rings is 1. The lowest BCUT2D eigenvalue weighted by atomic mass is 9.98. The molecule has 0 spiro atoms. The molecule has 0 saturated carbocycles. The lowest BCUT2D eigenvalue weighted by Crippen LogP contribution is -2.31. The number of hydrogen-bond donors (Lipinski definition) is 1. The van der Waals surface area contributed by atoms with Crippen LogP contribution >= 0.6 is 27.3 Å². The zero-order valence-corrected chi connectivity index (χ0v) is 16.6. The first-order chi connectivity index (χ1) is 11.1. The molecule has 0 bridgehead atoms. The molecule has 0 aliphatic carbocycles. The number of primary amides is 1. The van der Waals surface area contributed by atoms with E-state index in [0.29, 0.717) is 5.01 Å². The van der Waals surface area contributed by atoms with Gasteiger partial charge in [-0.05, 0) is 12.1 Å². The number of carbonyl (C=O) groups is 1. The predicted molar refractivity (Wildman–Crippen MR) is 97.0 cm³/mol. The molecule has 1 heterocycles. The Bertz CT molecular complexity index is 859. The van der Waals surface area contributed by atoms with Crippen molar-refractivity contribution in [2.75, 3.05) is 9.76 Å². The predicted octanol–water partition coefficient (Wildman–Crippen LogP) is 2.48. The van der Waals surface area contributed by atoms with Crippen molar-refractivity contribution in [1.82, 2.24) is 10.2 Å². The Hall–Kier alpha value is -1.52. The van der Waals surface area contributed by atoms with Crippen LogP contribution in [-0.2, 0) is 15.4 Å². The molecule has 0 atom stereocenters. The van der Waals surface area contributed by atoms with Gasteiger partial charge < -0.3 is 5.73 Å². The van der Waals surface area contributed by atoms with Gasteiger partial charge in [0.2, 0.25) is 11.0 Å². The average Bonchev–Trinajstić information content (AvgIpc) is 2.97. The van der Waals surface area contributed by atoms with Crippen molar-refractivity contribution in [3.8, 4) is 0 Å². The Morgan fingerprint density at radius 3 is 2.42 bits per heavy atom. The lowest BCUT2D eigenvalue weighted by Gasteiger charge is -2.20. The highest BCUT2D eigenvalue weighted by Crippen LogP contribution is 2.33. The number of nitrogens with zero attached hydrogens (tertiary/aromatic N) is 3. The van der Waals surface area contributed by atoms with Crippen molar-refractivity contribution in [2.24, 2.45) is 5.73 Å². The van der Waals surface area contributed by atoms with Gasteiger partial charge >= 0.3 is 0 Å². The van der Waals surface area contributed by atoms with Gasteiger partial charge in [-0.3, -0.25) is 4.79 Å². The maximum atomic E-state index is 13.0. The highest BCUT2D eigenvalue weighted by Gasteiger charge is 2.31. The topological polar surface area (TPSA) is 106 Å². The highest BCUT2D eigenvalue weighted by molar-refractivity contribution is 9.09. The molecular formula is C14H17BrN4O3S2. The third-order valence-electron chi connectivity index (χ3n) is 3.10. The number of rotatable bonds is 5. The third-order valence-corrected chi connectivity index (χ3v) is 7.21. The van der Waals surface area contributed by atoms with Gasteiger partial charge in [-0.25, -0.2) is 12.7 Å². The van der Waals surface area contributed by atoms with Gasteiger partial charge in [-0.2, -0.15) is 0 Å². The summed E-state index contributed by atoms with van der Waals surface area (Å²) in [6.45, 7) is 5.89. The molecule has 1 aromatic carbocycles. The van der Waals surface area contributed by atoms with E-state index in [9.17, 15) is 13.2 Å². The summed E-state index contributed by atoms with van der Waals surface area (Å²) in [5.41, 5.74) is 4.95. The van der Waals surface area contributed by atoms with E-state index in [1.807, 2.05) is 20.8 Å². The van der Waals surface area contributed by atoms with Gasteiger partial charge in [0, 0.05) is 5.41 Å². The summed E-state index contributed by atoms with van der Waals surface area (Å²) in [7, 11) is -4.02. The van der Waals surface area contributed by atoms with Crippen molar-refractivity contribution in [1.29, 1.82) is 0 Å². The van der Waals surface area contributed by atoms with E-state index in [2.05, 4.69) is 26.1 Å². The van der Waals surface area contributed by atoms with Crippen LogP contribution in [0.3, 0.4) is 0 Å². The standard InChI is InChI=1S/C14H17BrN4O3S2/c1-14(2,3)12-17-18-13(23-12)19(8-15)24(21,22)10-7-5-4-6-9(10)11(16)20/h4-7H,8H2,1-3H3,(H2,16,20). The van der Waals surface area contributed by atoms with Crippen molar-refractivity contribution >= 4 is 48.3 Å². The first-order valence-corrected chi connectivity index (χ1v) is 10.3. The van der Waals surface area contributed by atoms with Gasteiger partial charge in [-0.15, -0.1) is 10.2 Å². The number of halogens is 1. The summed E-state index contributed by atoms with van der Waals surface area (Å²) in [5.74, 6) is -0.809. The van der Waals surface area contributed by atoms with Crippen LogP contribution in [0.15, 0.2) is 29.2 Å². The van der Waals surface area contributed by atoms with Crippen molar-refractivity contribution < 1.29 is 13.2 Å². The minimum atomic E-state index is -4.02. The van der Waals surface area contributed by atoms with Crippen molar-refractivity contribution in [3.63, 3.8) is 0 Å². The summed E-state index contributed by atoms with van der Waals surface area (Å²) in [5, 5.41) is 8.99. The van der Waals surface area contributed by atoms with E-state index in [0.717, 1.165) is 4.31 Å². The van der Waals surface area contributed by atoms with E-state index < -0.39 is 15.9 Å². The van der Waals surface area contributed by atoms with Crippen LogP contribution in [-0.4, -0.2) is 30.0 Å². The van der Waals surface area contributed by atoms with E-state index in [-0.39, 0.29) is 26.5 Å². The van der Waals surface area contributed by atoms with Gasteiger partial charge in [-0.1, -0.05) is 60.2 Å². The van der Waals surface area contributed by atoms with Gasteiger partial charge in [0.05, 0.1) is 11.0 Å². The molecule has 2 N–H and O–H groups in total. The first kappa shape index (κ1) is 18.8. The van der Waals surface area contributed by atoms with Crippen LogP contribution in [0.2, 0.25) is 0 Å². The summed E-state index contributed by atoms with van der Waals surface area (Å²) in [6, 6.07) is 5.81. The number of aromatic nitrogens is 2. The van der Waals surface area contributed by atoms with Gasteiger partial charge in [0.1, 0.15) is 9.90 Å². The average molecular weight is 433 g/mol. The molecule has 1 amide bonds. The van der Waals surface area contributed by atoms with Crippen LogP contribution in [0.25, 0.3) is 0 Å². The van der Waals surface area contributed by atoms with Crippen molar-refractivity contribution in [2.45, 2.75) is 31.1 Å². The minimum absolute atomic E-state index is 0.0266. The lowest BCUT2D eigenvalue weighted by molar-refractivity contribution is 0.0997. The zero-order chi connectivity index (χ0) is 18.1. The summed E-state index contributed by atoms with van der Waals surface area (Å²) < 4.78 is 27.0. The Morgan fingerprint density at radius 1 is 1.29 bits per heavy atom. The summed E-state index contributed by atoms with van der Waals surface area (Å²) in [4.78, 5) is 11.4. The Kier molecular flexibility index (Phi) is 5.31. The van der Waals surface area contributed by atoms with E-state index in [4.69, 9.17) is 5.73 Å². The number of sulfonamides is 1. The Labute approximate surface area is 153 Å². The molecule has 0 aliphatic rings. The second-order valence-corrected chi connectivity index (χ2v) is 9.26. The number of nitrogens with two attached hydrogens (primary N) is 1. The quantitative estimate of drug-likeness (QED) is 0.576. The molecule has 0 saturated heterocycles. The van der Waals surface area contributed by atoms with E-state index in [1.165, 1.54) is 29.5 Å². The largest absolute Gasteiger partial charge is 0.366 e. The number of anilines is 1. The van der Waals surface area contributed by atoms with Crippen LogP contribution in [0.4, 0.5) is 5.13 Å². The number of amides is 1. The van der Waals surface area contributed by atoms with E-state index >= 15 is 0 Å². The molecule has 0 aliphatic heterocycles. The van der Waals surface area contributed by atoms with Gasteiger partial charge in [0.25, 0.3) is 10.0 Å². The summed E-state index contributed by atoms with van der Waals surface area (Å²) in [6.07, 6.45) is 0. The fourth-order valence-corrected chi connectivity index (χ4v) is 5.58. The summed E-state index contributed by atoms with van der Waals surface area (Å²) >= 11 is 4.36. The molecule has 24 heavy (non-hydrogen) atoms. The molecule has 10 heteroatoms. The number of hydrogen-bond acceptors (Lipinski definition) is 6. The molecular weight excluding hydrogens is 416 g/mol. The second kappa shape index (κ2) is 6.77. The van der Waals surface area contributed by atoms with Crippen molar-refractivity contribution in [3.05, 3.63) is 34.8 Å². The normalized spacial score (nSPS) is 12.2. The number of carbonyl (C=O) groups excluding carboxylic acids is 1.